The molecule has 104 valence electrons. The number of ether oxygens (including phenoxy) is 1. The number of carbonyl (C=O) groups excluding carboxylic acids is 1. The predicted octanol–water partition coefficient (Wildman–Crippen LogP) is 2.71. The minimum atomic E-state index is -0.595. The first-order valence-electron chi connectivity index (χ1n) is 6.36. The average Bonchev–Trinajstić information content (AvgIpc) is 2.51. The van der Waals surface area contributed by atoms with Crippen LogP contribution in [0, 0.1) is 0 Å². The van der Waals surface area contributed by atoms with Crippen LogP contribution in [-0.4, -0.2) is 10.9 Å². The monoisotopic (exact) mass is 279 g/mol. The van der Waals surface area contributed by atoms with Crippen LogP contribution < -0.4 is 16.2 Å². The number of hydrogen-bond acceptors (Lipinski definition) is 4. The van der Waals surface area contributed by atoms with Crippen molar-refractivity contribution in [3.63, 3.8) is 0 Å². The Labute approximate surface area is 121 Å². The SMILES string of the molecule is NC(=O)c1cc(Oc2ccc(N)c3ccccc23)ccn1. The van der Waals surface area contributed by atoms with Crippen molar-refractivity contribution in [3.8, 4) is 11.5 Å². The third-order valence-corrected chi connectivity index (χ3v) is 3.13. The van der Waals surface area contributed by atoms with E-state index in [1.165, 1.54) is 12.3 Å². The largest absolute Gasteiger partial charge is 0.457 e. The quantitative estimate of drug-likeness (QED) is 0.721. The molecule has 0 saturated heterocycles. The van der Waals surface area contributed by atoms with Crippen LogP contribution >= 0.6 is 0 Å². The van der Waals surface area contributed by atoms with Gasteiger partial charge in [0.15, 0.2) is 0 Å². The highest BCUT2D eigenvalue weighted by Crippen LogP contribution is 2.33. The average molecular weight is 279 g/mol. The number of nitrogen functional groups attached to an aromatic ring is 1. The van der Waals surface area contributed by atoms with E-state index in [1.54, 1.807) is 18.2 Å². The molecular formula is C16H13N3O2. The van der Waals surface area contributed by atoms with Crippen LogP contribution in [0.3, 0.4) is 0 Å². The molecule has 0 aliphatic carbocycles. The molecule has 1 aromatic heterocycles. The molecule has 3 aromatic rings. The number of nitrogens with zero attached hydrogens (tertiary/aromatic N) is 1. The Kier molecular flexibility index (Phi) is 3.16. The number of rotatable bonds is 3. The van der Waals surface area contributed by atoms with Crippen LogP contribution in [0.15, 0.2) is 54.7 Å². The minimum Gasteiger partial charge on any atom is -0.457 e. The first-order valence-corrected chi connectivity index (χ1v) is 6.36. The summed E-state index contributed by atoms with van der Waals surface area (Å²) in [7, 11) is 0. The second-order valence-corrected chi connectivity index (χ2v) is 4.54. The van der Waals surface area contributed by atoms with Crippen LogP contribution in [0.4, 0.5) is 5.69 Å². The second-order valence-electron chi connectivity index (χ2n) is 4.54. The van der Waals surface area contributed by atoms with Gasteiger partial charge in [-0.2, -0.15) is 0 Å². The van der Waals surface area contributed by atoms with Gasteiger partial charge in [-0.1, -0.05) is 24.3 Å². The van der Waals surface area contributed by atoms with E-state index in [0.29, 0.717) is 17.2 Å². The Balaban J connectivity index is 2.04. The second kappa shape index (κ2) is 5.13. The maximum absolute atomic E-state index is 11.2. The molecule has 0 fully saturated rings. The van der Waals surface area contributed by atoms with E-state index in [9.17, 15) is 4.79 Å². The third kappa shape index (κ3) is 2.49. The highest BCUT2D eigenvalue weighted by atomic mass is 16.5. The van der Waals surface area contributed by atoms with Crippen molar-refractivity contribution < 1.29 is 9.53 Å². The lowest BCUT2D eigenvalue weighted by Gasteiger charge is -2.10. The fourth-order valence-corrected chi connectivity index (χ4v) is 2.12. The molecular weight excluding hydrogens is 266 g/mol. The minimum absolute atomic E-state index is 0.159. The number of hydrogen-bond donors (Lipinski definition) is 2. The molecule has 5 nitrogen and oxygen atoms in total. The molecule has 1 amide bonds. The third-order valence-electron chi connectivity index (χ3n) is 3.13. The van der Waals surface area contributed by atoms with Crippen LogP contribution in [-0.2, 0) is 0 Å². The van der Waals surface area contributed by atoms with Gasteiger partial charge in [0.2, 0.25) is 0 Å². The molecule has 3 rings (SSSR count). The summed E-state index contributed by atoms with van der Waals surface area (Å²) >= 11 is 0. The van der Waals surface area contributed by atoms with Crippen LogP contribution in [0.2, 0.25) is 0 Å². The summed E-state index contributed by atoms with van der Waals surface area (Å²) in [6.45, 7) is 0. The molecule has 5 heteroatoms. The topological polar surface area (TPSA) is 91.2 Å². The van der Waals surface area contributed by atoms with Crippen molar-refractivity contribution in [1.82, 2.24) is 4.98 Å². The predicted molar refractivity (Wildman–Crippen MR) is 81.2 cm³/mol. The van der Waals surface area contributed by atoms with Crippen LogP contribution in [0.5, 0.6) is 11.5 Å². The number of amides is 1. The van der Waals surface area contributed by atoms with Gasteiger partial charge in [-0.3, -0.25) is 9.78 Å². The van der Waals surface area contributed by atoms with Crippen molar-refractivity contribution in [2.75, 3.05) is 5.73 Å². The standard InChI is InChI=1S/C16H13N3O2/c17-13-5-6-15(12-4-2-1-3-11(12)13)21-10-7-8-19-14(9-10)16(18)20/h1-9H,17H2,(H2,18,20). The number of fused-ring (bicyclic) bond motifs is 1. The number of carbonyl (C=O) groups is 1. The molecule has 4 N–H and O–H groups in total. The smallest absolute Gasteiger partial charge is 0.267 e. The summed E-state index contributed by atoms with van der Waals surface area (Å²) in [5, 5.41) is 1.81. The molecule has 0 aliphatic heterocycles. The molecule has 0 spiro atoms. The number of aromatic nitrogens is 1. The Morgan fingerprint density at radius 3 is 2.57 bits per heavy atom. The number of pyridine rings is 1. The van der Waals surface area contributed by atoms with E-state index in [-0.39, 0.29) is 5.69 Å². The summed E-state index contributed by atoms with van der Waals surface area (Å²) in [5.74, 6) is 0.553. The van der Waals surface area contributed by atoms with Gasteiger partial charge in [0, 0.05) is 28.7 Å². The number of nitrogens with two attached hydrogens (primary N) is 2. The van der Waals surface area contributed by atoms with E-state index in [1.807, 2.05) is 24.3 Å². The lowest BCUT2D eigenvalue weighted by atomic mass is 10.1. The Morgan fingerprint density at radius 1 is 1.05 bits per heavy atom. The highest BCUT2D eigenvalue weighted by molar-refractivity contribution is 5.97. The van der Waals surface area contributed by atoms with Crippen molar-refractivity contribution in [1.29, 1.82) is 0 Å². The van der Waals surface area contributed by atoms with Gasteiger partial charge in [-0.15, -0.1) is 0 Å². The first kappa shape index (κ1) is 12.9. The highest BCUT2D eigenvalue weighted by Gasteiger charge is 2.08. The van der Waals surface area contributed by atoms with Gasteiger partial charge in [0.25, 0.3) is 5.91 Å². The summed E-state index contributed by atoms with van der Waals surface area (Å²) in [6.07, 6.45) is 1.48. The van der Waals surface area contributed by atoms with Crippen LogP contribution in [0.1, 0.15) is 10.5 Å². The van der Waals surface area contributed by atoms with Crippen molar-refractivity contribution in [2.45, 2.75) is 0 Å². The van der Waals surface area contributed by atoms with Gasteiger partial charge in [0.1, 0.15) is 17.2 Å². The van der Waals surface area contributed by atoms with Gasteiger partial charge in [0.05, 0.1) is 0 Å². The van der Waals surface area contributed by atoms with E-state index in [0.717, 1.165) is 10.8 Å². The fourth-order valence-electron chi connectivity index (χ4n) is 2.12. The Morgan fingerprint density at radius 2 is 1.81 bits per heavy atom. The van der Waals surface area contributed by atoms with Crippen LogP contribution in [0.25, 0.3) is 10.8 Å². The molecule has 0 atom stereocenters. The molecule has 0 bridgehead atoms. The summed E-state index contributed by atoms with van der Waals surface area (Å²) < 4.78 is 5.83. The van der Waals surface area contributed by atoms with Gasteiger partial charge < -0.3 is 16.2 Å². The van der Waals surface area contributed by atoms with Crippen molar-refractivity contribution in [3.05, 3.63) is 60.4 Å². The van der Waals surface area contributed by atoms with E-state index >= 15 is 0 Å². The molecule has 2 aromatic carbocycles. The maximum Gasteiger partial charge on any atom is 0.267 e. The summed E-state index contributed by atoms with van der Waals surface area (Å²) in [4.78, 5) is 15.0. The first-order chi connectivity index (χ1) is 10.1. The van der Waals surface area contributed by atoms with E-state index in [4.69, 9.17) is 16.2 Å². The molecule has 0 unspecified atom stereocenters. The number of primary amides is 1. The van der Waals surface area contributed by atoms with Crippen molar-refractivity contribution in [2.24, 2.45) is 5.73 Å². The lowest BCUT2D eigenvalue weighted by Crippen LogP contribution is -2.12. The maximum atomic E-state index is 11.2. The Bertz CT molecular complexity index is 831. The normalized spacial score (nSPS) is 10.5. The Hall–Kier alpha value is -3.08. The van der Waals surface area contributed by atoms with Crippen molar-refractivity contribution >= 4 is 22.4 Å². The van der Waals surface area contributed by atoms with E-state index in [2.05, 4.69) is 4.98 Å². The molecule has 21 heavy (non-hydrogen) atoms. The van der Waals surface area contributed by atoms with Gasteiger partial charge >= 0.3 is 0 Å². The summed E-state index contributed by atoms with van der Waals surface area (Å²) in [5.41, 5.74) is 12.0. The molecule has 0 aliphatic rings. The number of benzene rings is 2. The lowest BCUT2D eigenvalue weighted by molar-refractivity contribution is 0.0995. The van der Waals surface area contributed by atoms with Gasteiger partial charge in [-0.25, -0.2) is 0 Å². The number of anilines is 1. The zero-order valence-corrected chi connectivity index (χ0v) is 11.1. The van der Waals surface area contributed by atoms with E-state index < -0.39 is 5.91 Å². The molecule has 0 saturated carbocycles. The molecule has 1 heterocycles. The summed E-state index contributed by atoms with van der Waals surface area (Å²) in [6, 6.07) is 14.4. The zero-order valence-electron chi connectivity index (χ0n) is 11.1. The molecule has 0 radical (unpaired) electrons. The fraction of sp³-hybridized carbons (Fsp3) is 0. The zero-order chi connectivity index (χ0) is 14.8. The van der Waals surface area contributed by atoms with Gasteiger partial charge in [-0.05, 0) is 18.2 Å².